The molecular weight excluding hydrogens is 258 g/mol. The van der Waals surface area contributed by atoms with E-state index in [9.17, 15) is 0 Å². The summed E-state index contributed by atoms with van der Waals surface area (Å²) in [6.45, 7) is 0. The van der Waals surface area contributed by atoms with Crippen LogP contribution in [0.5, 0.6) is 0 Å². The molecule has 1 saturated carbocycles. The van der Waals surface area contributed by atoms with E-state index in [2.05, 4.69) is 21.2 Å². The van der Waals surface area contributed by atoms with Gasteiger partial charge in [0.1, 0.15) is 0 Å². The summed E-state index contributed by atoms with van der Waals surface area (Å²) in [7, 11) is 0. The Bertz CT molecular complexity index is 330. The van der Waals surface area contributed by atoms with Crippen molar-refractivity contribution in [3.05, 3.63) is 28.7 Å². The van der Waals surface area contributed by atoms with Crippen LogP contribution in [0.2, 0.25) is 0 Å². The Labute approximate surface area is 98.0 Å². The molecule has 0 bridgehead atoms. The SMILES string of the molecule is S=C(Nc1ccc(Br)cc1)C1CCC1. The second kappa shape index (κ2) is 4.41. The highest BCUT2D eigenvalue weighted by atomic mass is 79.9. The molecule has 0 spiro atoms. The minimum Gasteiger partial charge on any atom is -0.350 e. The highest BCUT2D eigenvalue weighted by Gasteiger charge is 2.21. The lowest BCUT2D eigenvalue weighted by molar-refractivity contribution is 0.417. The lowest BCUT2D eigenvalue weighted by Crippen LogP contribution is -2.26. The maximum atomic E-state index is 5.32. The molecule has 1 aliphatic rings. The Morgan fingerprint density at radius 2 is 1.93 bits per heavy atom. The second-order valence-corrected chi connectivity index (χ2v) is 4.98. The van der Waals surface area contributed by atoms with E-state index in [1.54, 1.807) is 0 Å². The smallest absolute Gasteiger partial charge is 0.0828 e. The molecule has 1 aromatic rings. The van der Waals surface area contributed by atoms with Gasteiger partial charge >= 0.3 is 0 Å². The molecule has 1 fully saturated rings. The molecule has 0 radical (unpaired) electrons. The van der Waals surface area contributed by atoms with E-state index >= 15 is 0 Å². The highest BCUT2D eigenvalue weighted by molar-refractivity contribution is 9.10. The van der Waals surface area contributed by atoms with Gasteiger partial charge in [-0.15, -0.1) is 0 Å². The number of nitrogens with one attached hydrogen (secondary N) is 1. The van der Waals surface area contributed by atoms with Crippen molar-refractivity contribution in [2.75, 3.05) is 5.32 Å². The molecule has 74 valence electrons. The van der Waals surface area contributed by atoms with Gasteiger partial charge in [0.25, 0.3) is 0 Å². The van der Waals surface area contributed by atoms with Gasteiger partial charge in [0.2, 0.25) is 0 Å². The number of rotatable bonds is 2. The predicted octanol–water partition coefficient (Wildman–Crippen LogP) is 3.99. The van der Waals surface area contributed by atoms with Gasteiger partial charge in [-0.25, -0.2) is 0 Å². The second-order valence-electron chi connectivity index (χ2n) is 3.62. The quantitative estimate of drug-likeness (QED) is 0.815. The van der Waals surface area contributed by atoms with Gasteiger partial charge in [0.05, 0.1) is 4.99 Å². The summed E-state index contributed by atoms with van der Waals surface area (Å²) in [5.41, 5.74) is 1.09. The average molecular weight is 270 g/mol. The fraction of sp³-hybridized carbons (Fsp3) is 0.364. The zero-order chi connectivity index (χ0) is 9.97. The van der Waals surface area contributed by atoms with Crippen molar-refractivity contribution < 1.29 is 0 Å². The van der Waals surface area contributed by atoms with Crippen molar-refractivity contribution in [2.45, 2.75) is 19.3 Å². The fourth-order valence-electron chi connectivity index (χ4n) is 1.45. The van der Waals surface area contributed by atoms with E-state index in [0.717, 1.165) is 15.1 Å². The van der Waals surface area contributed by atoms with Gasteiger partial charge in [-0.3, -0.25) is 0 Å². The van der Waals surface area contributed by atoms with Crippen molar-refractivity contribution in [2.24, 2.45) is 5.92 Å². The molecule has 0 unspecified atom stereocenters. The standard InChI is InChI=1S/C11H12BrNS/c12-9-4-6-10(7-5-9)13-11(14)8-2-1-3-8/h4-8H,1-3H2,(H,13,14). The molecule has 1 N–H and O–H groups in total. The molecule has 2 rings (SSSR count). The van der Waals surface area contributed by atoms with Crippen LogP contribution in [0.3, 0.4) is 0 Å². The number of benzene rings is 1. The van der Waals surface area contributed by atoms with Gasteiger partial charge in [-0.1, -0.05) is 34.6 Å². The van der Waals surface area contributed by atoms with E-state index in [1.165, 1.54) is 19.3 Å². The normalized spacial score (nSPS) is 16.1. The molecule has 0 heterocycles. The third-order valence-electron chi connectivity index (χ3n) is 2.59. The van der Waals surface area contributed by atoms with E-state index in [1.807, 2.05) is 24.3 Å². The number of halogens is 1. The number of hydrogen-bond acceptors (Lipinski definition) is 1. The molecule has 0 aliphatic heterocycles. The number of thiocarbonyl (C=S) groups is 1. The topological polar surface area (TPSA) is 12.0 Å². The van der Waals surface area contributed by atoms with Crippen LogP contribution in [0.25, 0.3) is 0 Å². The summed E-state index contributed by atoms with van der Waals surface area (Å²) in [6.07, 6.45) is 3.83. The summed E-state index contributed by atoms with van der Waals surface area (Å²) in [5, 5.41) is 3.28. The summed E-state index contributed by atoms with van der Waals surface area (Å²) < 4.78 is 1.10. The van der Waals surface area contributed by atoms with Gasteiger partial charge in [-0.2, -0.15) is 0 Å². The lowest BCUT2D eigenvalue weighted by atomic mass is 9.85. The molecule has 1 aromatic carbocycles. The molecule has 1 aliphatic carbocycles. The Morgan fingerprint density at radius 1 is 1.29 bits per heavy atom. The molecule has 0 atom stereocenters. The van der Waals surface area contributed by atoms with Crippen molar-refractivity contribution in [1.82, 2.24) is 0 Å². The van der Waals surface area contributed by atoms with Gasteiger partial charge in [-0.05, 0) is 37.1 Å². The third kappa shape index (κ3) is 2.34. The minimum atomic E-state index is 0.619. The summed E-state index contributed by atoms with van der Waals surface area (Å²) in [6, 6.07) is 8.11. The van der Waals surface area contributed by atoms with E-state index < -0.39 is 0 Å². The first-order valence-electron chi connectivity index (χ1n) is 4.82. The predicted molar refractivity (Wildman–Crippen MR) is 67.7 cm³/mol. The van der Waals surface area contributed by atoms with Crippen LogP contribution in [-0.2, 0) is 0 Å². The first-order valence-corrected chi connectivity index (χ1v) is 6.02. The molecule has 0 saturated heterocycles. The average Bonchev–Trinajstić information content (AvgIpc) is 2.06. The van der Waals surface area contributed by atoms with Crippen molar-refractivity contribution in [3.8, 4) is 0 Å². The van der Waals surface area contributed by atoms with Gasteiger partial charge in [0.15, 0.2) is 0 Å². The lowest BCUT2D eigenvalue weighted by Gasteiger charge is -2.26. The Kier molecular flexibility index (Phi) is 3.19. The Balaban J connectivity index is 1.96. The number of anilines is 1. The van der Waals surface area contributed by atoms with Crippen LogP contribution in [-0.4, -0.2) is 4.99 Å². The molecule has 0 amide bonds. The van der Waals surface area contributed by atoms with Crippen LogP contribution < -0.4 is 5.32 Å². The van der Waals surface area contributed by atoms with Crippen LogP contribution in [0, 0.1) is 5.92 Å². The minimum absolute atomic E-state index is 0.619. The van der Waals surface area contributed by atoms with Crippen molar-refractivity contribution in [1.29, 1.82) is 0 Å². The molecular formula is C11H12BrNS. The summed E-state index contributed by atoms with van der Waals surface area (Å²) >= 11 is 8.72. The van der Waals surface area contributed by atoms with Crippen LogP contribution in [0.15, 0.2) is 28.7 Å². The summed E-state index contributed by atoms with van der Waals surface area (Å²) in [4.78, 5) is 0.999. The maximum Gasteiger partial charge on any atom is 0.0828 e. The number of hydrogen-bond donors (Lipinski definition) is 1. The zero-order valence-electron chi connectivity index (χ0n) is 7.79. The van der Waals surface area contributed by atoms with Crippen molar-refractivity contribution in [3.63, 3.8) is 0 Å². The fourth-order valence-corrected chi connectivity index (χ4v) is 2.07. The van der Waals surface area contributed by atoms with Crippen LogP contribution in [0.1, 0.15) is 19.3 Å². The largest absolute Gasteiger partial charge is 0.350 e. The third-order valence-corrected chi connectivity index (χ3v) is 3.55. The van der Waals surface area contributed by atoms with Gasteiger partial charge in [0, 0.05) is 16.1 Å². The zero-order valence-corrected chi connectivity index (χ0v) is 10.2. The van der Waals surface area contributed by atoms with Crippen LogP contribution in [0.4, 0.5) is 5.69 Å². The summed E-state index contributed by atoms with van der Waals surface area (Å²) in [5.74, 6) is 0.619. The highest BCUT2D eigenvalue weighted by Crippen LogP contribution is 2.28. The van der Waals surface area contributed by atoms with E-state index in [-0.39, 0.29) is 0 Å². The molecule has 1 nitrogen and oxygen atoms in total. The maximum absolute atomic E-state index is 5.32. The van der Waals surface area contributed by atoms with E-state index in [0.29, 0.717) is 5.92 Å². The van der Waals surface area contributed by atoms with Crippen LogP contribution >= 0.6 is 28.1 Å². The van der Waals surface area contributed by atoms with Gasteiger partial charge < -0.3 is 5.32 Å². The molecule has 3 heteroatoms. The monoisotopic (exact) mass is 269 g/mol. The molecule has 14 heavy (non-hydrogen) atoms. The Hall–Kier alpha value is -0.410. The first-order chi connectivity index (χ1) is 6.75. The van der Waals surface area contributed by atoms with Crippen molar-refractivity contribution >= 4 is 38.8 Å². The first kappa shape index (κ1) is 10.1. The Morgan fingerprint density at radius 3 is 2.43 bits per heavy atom. The van der Waals surface area contributed by atoms with E-state index in [4.69, 9.17) is 12.2 Å². The molecule has 0 aromatic heterocycles.